The minimum absolute atomic E-state index is 0.0491. The van der Waals surface area contributed by atoms with Crippen LogP contribution in [0.15, 0.2) is 18.2 Å². The number of hydrogen-bond donors (Lipinski definition) is 1. The van der Waals surface area contributed by atoms with Crippen LogP contribution in [0.1, 0.15) is 24.8 Å². The predicted molar refractivity (Wildman–Crippen MR) is 66.0 cm³/mol. The zero-order valence-electron chi connectivity index (χ0n) is 10.3. The van der Waals surface area contributed by atoms with Gasteiger partial charge in [0.05, 0.1) is 12.1 Å². The Balaban J connectivity index is 2.31. The van der Waals surface area contributed by atoms with Crippen LogP contribution in [0.4, 0.5) is 5.69 Å². The standard InChI is InChI=1S/C13H15NO4/c1-8(5-13(16)17)9-3-4-11-10(6-9)14(2)12(15)7-18-11/h3-4,6,8H,5,7H2,1-2H3,(H,16,17). The number of likely N-dealkylation sites (N-methyl/N-ethyl adjacent to an activating group) is 1. The van der Waals surface area contributed by atoms with Crippen molar-refractivity contribution in [2.24, 2.45) is 0 Å². The van der Waals surface area contributed by atoms with Gasteiger partial charge >= 0.3 is 5.97 Å². The zero-order chi connectivity index (χ0) is 13.3. The number of benzene rings is 1. The second kappa shape index (κ2) is 4.68. The molecule has 1 atom stereocenters. The Morgan fingerprint density at radius 3 is 2.94 bits per heavy atom. The maximum atomic E-state index is 11.5. The van der Waals surface area contributed by atoms with Gasteiger partial charge in [0.2, 0.25) is 0 Å². The molecule has 2 rings (SSSR count). The molecule has 0 saturated carbocycles. The molecule has 1 N–H and O–H groups in total. The Hall–Kier alpha value is -2.04. The first-order chi connectivity index (χ1) is 8.49. The van der Waals surface area contributed by atoms with E-state index in [0.717, 1.165) is 5.56 Å². The summed E-state index contributed by atoms with van der Waals surface area (Å²) in [5.41, 5.74) is 1.59. The monoisotopic (exact) mass is 249 g/mol. The number of amides is 1. The second-order valence-electron chi connectivity index (χ2n) is 4.47. The number of anilines is 1. The van der Waals surface area contributed by atoms with Crippen LogP contribution in [0.2, 0.25) is 0 Å². The van der Waals surface area contributed by atoms with E-state index in [0.29, 0.717) is 11.4 Å². The molecule has 18 heavy (non-hydrogen) atoms. The zero-order valence-corrected chi connectivity index (χ0v) is 10.3. The molecule has 1 unspecified atom stereocenters. The summed E-state index contributed by atoms with van der Waals surface area (Å²) in [7, 11) is 1.69. The van der Waals surface area contributed by atoms with Crippen molar-refractivity contribution < 1.29 is 19.4 Å². The van der Waals surface area contributed by atoms with Crippen molar-refractivity contribution in [3.05, 3.63) is 23.8 Å². The van der Waals surface area contributed by atoms with Crippen molar-refractivity contribution in [2.45, 2.75) is 19.3 Å². The highest BCUT2D eigenvalue weighted by atomic mass is 16.5. The first-order valence-electron chi connectivity index (χ1n) is 5.74. The van der Waals surface area contributed by atoms with E-state index in [1.165, 1.54) is 4.90 Å². The quantitative estimate of drug-likeness (QED) is 0.884. The van der Waals surface area contributed by atoms with Gasteiger partial charge in [-0.05, 0) is 23.6 Å². The van der Waals surface area contributed by atoms with Crippen molar-refractivity contribution >= 4 is 17.6 Å². The highest BCUT2D eigenvalue weighted by molar-refractivity contribution is 5.97. The molecule has 1 aliphatic heterocycles. The topological polar surface area (TPSA) is 66.8 Å². The molecule has 0 saturated heterocycles. The fourth-order valence-corrected chi connectivity index (χ4v) is 1.98. The van der Waals surface area contributed by atoms with Gasteiger partial charge in [0.15, 0.2) is 6.61 Å². The number of hydrogen-bond acceptors (Lipinski definition) is 3. The number of rotatable bonds is 3. The van der Waals surface area contributed by atoms with Gasteiger partial charge in [-0.25, -0.2) is 0 Å². The highest BCUT2D eigenvalue weighted by Gasteiger charge is 2.23. The van der Waals surface area contributed by atoms with E-state index < -0.39 is 5.97 Å². The molecule has 5 nitrogen and oxygen atoms in total. The van der Waals surface area contributed by atoms with Crippen LogP contribution in [0, 0.1) is 0 Å². The number of fused-ring (bicyclic) bond motifs is 1. The summed E-state index contributed by atoms with van der Waals surface area (Å²) in [5.74, 6) is -0.381. The van der Waals surface area contributed by atoms with Gasteiger partial charge in [-0.3, -0.25) is 9.59 Å². The van der Waals surface area contributed by atoms with E-state index in [1.54, 1.807) is 13.1 Å². The SMILES string of the molecule is CC(CC(=O)O)c1ccc2c(c1)N(C)C(=O)CO2. The lowest BCUT2D eigenvalue weighted by atomic mass is 9.97. The van der Waals surface area contributed by atoms with Gasteiger partial charge < -0.3 is 14.7 Å². The largest absolute Gasteiger partial charge is 0.482 e. The average Bonchev–Trinajstić information content (AvgIpc) is 2.33. The third-order valence-electron chi connectivity index (χ3n) is 3.12. The van der Waals surface area contributed by atoms with Gasteiger partial charge in [0, 0.05) is 7.05 Å². The second-order valence-corrected chi connectivity index (χ2v) is 4.47. The molecule has 0 aromatic heterocycles. The molecule has 96 valence electrons. The Kier molecular flexibility index (Phi) is 3.23. The van der Waals surface area contributed by atoms with Crippen LogP contribution in [-0.4, -0.2) is 30.6 Å². The molecule has 1 heterocycles. The van der Waals surface area contributed by atoms with Crippen LogP contribution >= 0.6 is 0 Å². The number of carboxylic acids is 1. The molecule has 1 aromatic carbocycles. The predicted octanol–water partition coefficient (Wildman–Crippen LogP) is 1.62. The van der Waals surface area contributed by atoms with Crippen molar-refractivity contribution in [3.63, 3.8) is 0 Å². The fourth-order valence-electron chi connectivity index (χ4n) is 1.98. The van der Waals surface area contributed by atoms with Gasteiger partial charge in [-0.15, -0.1) is 0 Å². The van der Waals surface area contributed by atoms with Gasteiger partial charge in [0.25, 0.3) is 5.91 Å². The molecule has 1 amide bonds. The fraction of sp³-hybridized carbons (Fsp3) is 0.385. The van der Waals surface area contributed by atoms with Gasteiger partial charge in [-0.1, -0.05) is 13.0 Å². The Morgan fingerprint density at radius 2 is 2.28 bits per heavy atom. The Bertz CT molecular complexity index is 498. The van der Waals surface area contributed by atoms with E-state index >= 15 is 0 Å². The lowest BCUT2D eigenvalue weighted by Gasteiger charge is -2.27. The molecule has 0 spiro atoms. The van der Waals surface area contributed by atoms with Crippen LogP contribution in [0.3, 0.4) is 0 Å². The summed E-state index contributed by atoms with van der Waals surface area (Å²) in [6, 6.07) is 5.45. The lowest BCUT2D eigenvalue weighted by Crippen LogP contribution is -2.35. The van der Waals surface area contributed by atoms with E-state index in [-0.39, 0.29) is 24.9 Å². The first-order valence-corrected chi connectivity index (χ1v) is 5.74. The number of carbonyl (C=O) groups is 2. The van der Waals surface area contributed by atoms with E-state index in [4.69, 9.17) is 9.84 Å². The normalized spacial score (nSPS) is 15.9. The molecule has 1 aromatic rings. The summed E-state index contributed by atoms with van der Waals surface area (Å²) in [6.45, 7) is 1.90. The molecule has 0 fully saturated rings. The van der Waals surface area contributed by atoms with Crippen LogP contribution < -0.4 is 9.64 Å². The van der Waals surface area contributed by atoms with E-state index in [1.807, 2.05) is 19.1 Å². The number of aliphatic carboxylic acids is 1. The Morgan fingerprint density at radius 1 is 1.56 bits per heavy atom. The molecule has 5 heteroatoms. The maximum Gasteiger partial charge on any atom is 0.303 e. The third-order valence-corrected chi connectivity index (χ3v) is 3.12. The minimum atomic E-state index is -0.832. The molecular weight excluding hydrogens is 234 g/mol. The third kappa shape index (κ3) is 2.30. The summed E-state index contributed by atoms with van der Waals surface area (Å²) < 4.78 is 5.31. The van der Waals surface area contributed by atoms with Crippen molar-refractivity contribution in [3.8, 4) is 5.75 Å². The average molecular weight is 249 g/mol. The highest BCUT2D eigenvalue weighted by Crippen LogP contribution is 2.34. The Labute approximate surface area is 105 Å². The van der Waals surface area contributed by atoms with E-state index in [2.05, 4.69) is 0 Å². The van der Waals surface area contributed by atoms with E-state index in [9.17, 15) is 9.59 Å². The minimum Gasteiger partial charge on any atom is -0.482 e. The number of carbonyl (C=O) groups excluding carboxylic acids is 1. The molecule has 0 bridgehead atoms. The number of nitrogens with zero attached hydrogens (tertiary/aromatic N) is 1. The molecule has 0 aliphatic carbocycles. The summed E-state index contributed by atoms with van der Waals surface area (Å²) >= 11 is 0. The lowest BCUT2D eigenvalue weighted by molar-refractivity contribution is -0.137. The summed E-state index contributed by atoms with van der Waals surface area (Å²) in [6.07, 6.45) is 0.0668. The smallest absolute Gasteiger partial charge is 0.303 e. The number of ether oxygens (including phenoxy) is 1. The van der Waals surface area contributed by atoms with Crippen LogP contribution in [-0.2, 0) is 9.59 Å². The van der Waals surface area contributed by atoms with Crippen molar-refractivity contribution in [1.29, 1.82) is 0 Å². The van der Waals surface area contributed by atoms with Crippen LogP contribution in [0.5, 0.6) is 5.75 Å². The van der Waals surface area contributed by atoms with Gasteiger partial charge in [-0.2, -0.15) is 0 Å². The van der Waals surface area contributed by atoms with Gasteiger partial charge in [0.1, 0.15) is 5.75 Å². The van der Waals surface area contributed by atoms with Crippen molar-refractivity contribution in [1.82, 2.24) is 0 Å². The maximum absolute atomic E-state index is 11.5. The number of carboxylic acid groups (broad SMARTS) is 1. The molecule has 1 aliphatic rings. The summed E-state index contributed by atoms with van der Waals surface area (Å²) in [5, 5.41) is 8.79. The van der Waals surface area contributed by atoms with Crippen molar-refractivity contribution in [2.75, 3.05) is 18.6 Å². The molecule has 0 radical (unpaired) electrons. The van der Waals surface area contributed by atoms with Crippen LogP contribution in [0.25, 0.3) is 0 Å². The first kappa shape index (κ1) is 12.4. The summed E-state index contributed by atoms with van der Waals surface area (Å²) in [4.78, 5) is 23.8. The molecular formula is C13H15NO4.